The standard InChI is InChI=1S/C10H9N4O3.C8H6N3O2.C7H5N4O.C7H4N3O2.4Rf/c15-6-11-3-4-17-10(16)7-1-2-8-9(5-7)13-14-12-8;1-13-8(12)5-2-3-6-7(4-5)10-11-9-6;12-4-8-5-1-2-6-7(3-5)10-11-9-6;11-4-12-6-3-1-2-5-7(6)9-10-8-5;;;;/h1-2,5H,3-4H2,(H,11,15)(H,12,13,14);2-4H,1H2,(H,9,10,11);1-3H,(H,8,12)(H,9,10,11);1-3H,(H,8,9,10);;;;/q4*-1;;;;. The first kappa shape index (κ1) is 43.9. The van der Waals surface area contributed by atoms with Crippen LogP contribution in [0.2, 0.25) is 0 Å². The number of anilines is 1. The fourth-order valence-corrected chi connectivity index (χ4v) is 4.29. The molecule has 8 rings (SSSR count). The molecule has 4 aromatic carbocycles. The number of carbonyl (C=O) groups is 2. The molecule has 58 heavy (non-hydrogen) atoms. The maximum absolute atomic E-state index is 11.6. The number of amides is 2. The molecule has 0 radical (unpaired) electrons. The van der Waals surface area contributed by atoms with Gasteiger partial charge in [0.05, 0.1) is 34.1 Å². The second-order valence-electron chi connectivity index (χ2n) is 10.0. The van der Waals surface area contributed by atoms with Gasteiger partial charge in [-0.1, -0.05) is 12.1 Å². The number of esters is 2. The average Bonchev–Trinajstić information content (AvgIpc) is 4.04. The number of hydrogen-bond acceptors (Lipinski definition) is 16. The molecule has 2 amide bonds. The van der Waals surface area contributed by atoms with Crippen molar-refractivity contribution in [3.8, 4) is 5.75 Å². The van der Waals surface area contributed by atoms with Crippen molar-refractivity contribution < 1.29 is 38.2 Å². The molecule has 0 saturated carbocycles. The number of aromatic nitrogens is 12. The minimum Gasteiger partial charge on any atom is -0.637 e. The SMILES string of the molecule is O=[C-]NCCOC(=O)c1ccc2n[nH]nc2c1.O=[C-]Nc1ccc2n[nH]nc2c1.O=[C-]Oc1cccc2n[nH]nc12.[CH2-]OC(=O)c1ccc2n[nH]nc2c1.[Rf].[Rf].[Rf].[Rf]. The monoisotopic (exact) mass is 1800 g/mol. The number of nitrogens with zero attached hydrogens (tertiary/aromatic N) is 8. The Balaban J connectivity index is 0.000000381. The molecule has 0 saturated heterocycles. The fourth-order valence-electron chi connectivity index (χ4n) is 4.29. The second-order valence-corrected chi connectivity index (χ2v) is 10.0. The molecular formula is C32H24N14O8Rf4-4. The van der Waals surface area contributed by atoms with Gasteiger partial charge in [0.1, 0.15) is 34.2 Å². The normalized spacial score (nSPS) is 9.40. The number of fused-ring (bicyclic) bond motifs is 4. The van der Waals surface area contributed by atoms with Crippen LogP contribution in [-0.4, -0.2) is 106 Å². The van der Waals surface area contributed by atoms with Gasteiger partial charge in [-0.2, -0.15) is 75.2 Å². The summed E-state index contributed by atoms with van der Waals surface area (Å²) in [5.41, 5.74) is 6.75. The van der Waals surface area contributed by atoms with Crippen molar-refractivity contribution in [2.45, 2.75) is 0 Å². The number of para-hydroxylation sites is 1. The first-order chi connectivity index (χ1) is 26.4. The van der Waals surface area contributed by atoms with Crippen LogP contribution in [0.1, 0.15) is 20.7 Å². The number of rotatable bonds is 10. The van der Waals surface area contributed by atoms with Crippen LogP contribution in [-0.2, 0) is 23.9 Å². The van der Waals surface area contributed by atoms with E-state index in [4.69, 9.17) is 4.74 Å². The van der Waals surface area contributed by atoms with E-state index in [2.05, 4.69) is 88.9 Å². The smallest absolute Gasteiger partial charge is 0.338 e. The molecule has 4 heterocycles. The predicted octanol–water partition coefficient (Wildman–Crippen LogP) is 1.52. The quantitative estimate of drug-likeness (QED) is 0.0490. The number of benzene rings is 4. The van der Waals surface area contributed by atoms with Gasteiger partial charge in [0.15, 0.2) is 6.47 Å². The van der Waals surface area contributed by atoms with E-state index in [9.17, 15) is 24.0 Å². The molecule has 0 bridgehead atoms. The van der Waals surface area contributed by atoms with Crippen LogP contribution >= 0.6 is 0 Å². The zero-order valence-electron chi connectivity index (χ0n) is 30.2. The molecule has 0 spiro atoms. The molecule has 8 aromatic rings. The molecule has 282 valence electrons. The Hall–Kier alpha value is -12.2. The molecule has 0 fully saturated rings. The van der Waals surface area contributed by atoms with Crippen molar-refractivity contribution in [2.24, 2.45) is 0 Å². The molecule has 0 atom stereocenters. The second kappa shape index (κ2) is 21.1. The van der Waals surface area contributed by atoms with E-state index in [1.54, 1.807) is 79.2 Å². The zero-order chi connectivity index (χ0) is 38.1. The number of nitrogens with one attached hydrogen (secondary N) is 6. The number of carbonyl (C=O) groups excluding carboxylic acids is 5. The summed E-state index contributed by atoms with van der Waals surface area (Å²) in [6.45, 7) is 1.67. The summed E-state index contributed by atoms with van der Waals surface area (Å²) in [5.74, 6) is -0.594. The fraction of sp³-hybridized carbons (Fsp3) is 0.0625. The van der Waals surface area contributed by atoms with Crippen LogP contribution < -0.4 is 15.4 Å². The molecule has 22 nitrogen and oxygen atoms in total. The maximum Gasteiger partial charge on any atom is 0.338 e. The Morgan fingerprint density at radius 1 is 0.603 bits per heavy atom. The Morgan fingerprint density at radius 2 is 1.12 bits per heavy atom. The summed E-state index contributed by atoms with van der Waals surface area (Å²) in [6.07, 6.45) is 3.07. The minimum atomic E-state index is -0.482. The molecule has 26 heteroatoms. The van der Waals surface area contributed by atoms with Gasteiger partial charge >= 0.3 is 11.9 Å². The third-order valence-corrected chi connectivity index (χ3v) is 6.74. The van der Waals surface area contributed by atoms with E-state index in [1.807, 2.05) is 0 Å². The molecule has 6 N–H and O–H groups in total. The van der Waals surface area contributed by atoms with Gasteiger partial charge in [-0.05, 0) is 54.3 Å². The van der Waals surface area contributed by atoms with Gasteiger partial charge in [-0.3, -0.25) is 0 Å². The van der Waals surface area contributed by atoms with E-state index < -0.39 is 11.9 Å². The summed E-state index contributed by atoms with van der Waals surface area (Å²) < 4.78 is 13.8. The largest absolute Gasteiger partial charge is 0.637 e. The summed E-state index contributed by atoms with van der Waals surface area (Å²) in [7, 11) is 3.04. The summed E-state index contributed by atoms with van der Waals surface area (Å²) >= 11 is 0. The zero-order valence-corrected chi connectivity index (χ0v) is 55.8. The third kappa shape index (κ3) is 10.7. The number of H-pyrrole nitrogens is 4. The van der Waals surface area contributed by atoms with E-state index >= 15 is 0 Å². The van der Waals surface area contributed by atoms with Gasteiger partial charge in [-0.15, -0.1) is 17.8 Å². The van der Waals surface area contributed by atoms with Crippen molar-refractivity contribution >= 4 is 81.1 Å². The molecule has 0 aliphatic rings. The summed E-state index contributed by atoms with van der Waals surface area (Å²) in [5, 5.41) is 45.2. The van der Waals surface area contributed by atoms with Crippen molar-refractivity contribution in [3.05, 3.63) is 91.0 Å². The van der Waals surface area contributed by atoms with Gasteiger partial charge < -0.3 is 39.2 Å². The Labute approximate surface area is 301 Å². The van der Waals surface area contributed by atoms with Crippen LogP contribution in [0.15, 0.2) is 72.8 Å². The Morgan fingerprint density at radius 3 is 1.67 bits per heavy atom. The van der Waals surface area contributed by atoms with E-state index in [-0.39, 0.29) is 13.2 Å². The van der Waals surface area contributed by atoms with Crippen LogP contribution in [0.25, 0.3) is 44.1 Å². The Bertz CT molecular complexity index is 2510. The van der Waals surface area contributed by atoms with Gasteiger partial charge in [-0.25, -0.2) is 9.59 Å². The minimum absolute atomic E-state index is 0. The summed E-state index contributed by atoms with van der Waals surface area (Å²) in [4.78, 5) is 52.3. The van der Waals surface area contributed by atoms with E-state index in [1.165, 1.54) is 12.9 Å². The van der Waals surface area contributed by atoms with Gasteiger partial charge in [0.2, 0.25) is 0 Å². The summed E-state index contributed by atoms with van der Waals surface area (Å²) in [6, 6.07) is 20.1. The van der Waals surface area contributed by atoms with E-state index in [0.717, 1.165) is 11.0 Å². The number of aromatic amines is 4. The van der Waals surface area contributed by atoms with Crippen LogP contribution in [0.5, 0.6) is 5.75 Å². The molecule has 0 aliphatic carbocycles. The first-order valence-electron chi connectivity index (χ1n) is 15.1. The first-order valence-corrected chi connectivity index (χ1v) is 15.1. The average molecular weight is 1800 g/mol. The number of hydrogen-bond donors (Lipinski definition) is 6. The van der Waals surface area contributed by atoms with Crippen molar-refractivity contribution in [2.75, 3.05) is 18.5 Å². The van der Waals surface area contributed by atoms with Gasteiger partial charge in [0.25, 0.3) is 0 Å². The number of ether oxygens (including phenoxy) is 3. The maximum atomic E-state index is 11.6. The van der Waals surface area contributed by atoms with Crippen molar-refractivity contribution in [3.63, 3.8) is 0 Å². The van der Waals surface area contributed by atoms with Crippen molar-refractivity contribution in [1.82, 2.24) is 67.0 Å². The van der Waals surface area contributed by atoms with E-state index in [0.29, 0.717) is 55.7 Å². The van der Waals surface area contributed by atoms with Crippen molar-refractivity contribution in [1.29, 1.82) is 0 Å². The Kier molecular flexibility index (Phi) is 16.0. The predicted molar refractivity (Wildman–Crippen MR) is 186 cm³/mol. The van der Waals surface area contributed by atoms with Crippen LogP contribution in [0, 0.1) is 7.11 Å². The molecular weight excluding hydrogens is 1780 g/mol. The molecule has 4 aromatic heterocycles. The molecule has 0 unspecified atom stereocenters. The topological polar surface area (TPSA) is 303 Å². The van der Waals surface area contributed by atoms with Gasteiger partial charge in [0, 0.05) is 6.54 Å². The molecule has 0 aliphatic heterocycles. The van der Waals surface area contributed by atoms with Crippen LogP contribution in [0.4, 0.5) is 5.69 Å². The van der Waals surface area contributed by atoms with Crippen LogP contribution in [0.3, 0.4) is 0 Å². The third-order valence-electron chi connectivity index (χ3n) is 6.74.